The standard InChI is InChI=1S/C12H15N.ClH/c1-2-4-11-9(3-1)7-10-8-13-6-5-12(10)11;/h1-3,7,11-13H,4-6,8H2;1H. The zero-order valence-corrected chi connectivity index (χ0v) is 9.02. The summed E-state index contributed by atoms with van der Waals surface area (Å²) >= 11 is 0. The summed E-state index contributed by atoms with van der Waals surface area (Å²) in [5.41, 5.74) is 3.22. The topological polar surface area (TPSA) is 12.0 Å². The first-order chi connectivity index (χ1) is 6.45. The van der Waals surface area contributed by atoms with E-state index in [1.165, 1.54) is 19.4 Å². The van der Waals surface area contributed by atoms with Crippen molar-refractivity contribution in [1.82, 2.24) is 5.32 Å². The second kappa shape index (κ2) is 3.92. The Balaban J connectivity index is 0.000000750. The van der Waals surface area contributed by atoms with E-state index in [9.17, 15) is 0 Å². The number of allylic oxidation sites excluding steroid dienone is 5. The molecule has 2 unspecified atom stereocenters. The lowest BCUT2D eigenvalue weighted by Gasteiger charge is -2.28. The Bertz CT molecular complexity index is 314. The van der Waals surface area contributed by atoms with Gasteiger partial charge in [0.25, 0.3) is 0 Å². The minimum Gasteiger partial charge on any atom is -0.313 e. The molecule has 1 saturated heterocycles. The van der Waals surface area contributed by atoms with E-state index in [-0.39, 0.29) is 12.4 Å². The molecule has 3 aliphatic rings. The maximum absolute atomic E-state index is 3.45. The fourth-order valence-corrected chi connectivity index (χ4v) is 2.85. The predicted octanol–water partition coefficient (Wildman–Crippen LogP) is 2.46. The number of rotatable bonds is 0. The van der Waals surface area contributed by atoms with Gasteiger partial charge in [-0.1, -0.05) is 29.9 Å². The van der Waals surface area contributed by atoms with Gasteiger partial charge in [0.1, 0.15) is 0 Å². The lowest BCUT2D eigenvalue weighted by Crippen LogP contribution is -2.31. The molecule has 0 saturated carbocycles. The summed E-state index contributed by atoms with van der Waals surface area (Å²) in [7, 11) is 0. The van der Waals surface area contributed by atoms with E-state index < -0.39 is 0 Å². The minimum absolute atomic E-state index is 0. The van der Waals surface area contributed by atoms with Crippen LogP contribution in [-0.2, 0) is 0 Å². The van der Waals surface area contributed by atoms with Gasteiger partial charge in [0.05, 0.1) is 0 Å². The van der Waals surface area contributed by atoms with Crippen LogP contribution in [0.2, 0.25) is 0 Å². The predicted molar refractivity (Wildman–Crippen MR) is 61.6 cm³/mol. The average molecular weight is 210 g/mol. The van der Waals surface area contributed by atoms with Crippen molar-refractivity contribution in [2.75, 3.05) is 13.1 Å². The highest BCUT2D eigenvalue weighted by Gasteiger charge is 2.33. The van der Waals surface area contributed by atoms with E-state index in [4.69, 9.17) is 0 Å². The summed E-state index contributed by atoms with van der Waals surface area (Å²) in [6, 6.07) is 0. The van der Waals surface area contributed by atoms with Crippen LogP contribution in [0.4, 0.5) is 0 Å². The number of piperidine rings is 1. The van der Waals surface area contributed by atoms with Gasteiger partial charge in [-0.2, -0.15) is 0 Å². The first-order valence-electron chi connectivity index (χ1n) is 5.23. The van der Waals surface area contributed by atoms with Crippen LogP contribution in [0.1, 0.15) is 12.8 Å². The molecule has 1 heterocycles. The Kier molecular flexibility index (Phi) is 2.80. The quantitative estimate of drug-likeness (QED) is 0.647. The smallest absolute Gasteiger partial charge is 0.0170 e. The van der Waals surface area contributed by atoms with E-state index in [2.05, 4.69) is 29.6 Å². The third kappa shape index (κ3) is 1.45. The molecule has 2 aliphatic carbocycles. The molecule has 1 N–H and O–H groups in total. The zero-order chi connectivity index (χ0) is 8.67. The Hall–Kier alpha value is -0.530. The average Bonchev–Trinajstić information content (AvgIpc) is 2.56. The summed E-state index contributed by atoms with van der Waals surface area (Å²) in [4.78, 5) is 0. The van der Waals surface area contributed by atoms with Crippen molar-refractivity contribution in [2.24, 2.45) is 11.8 Å². The van der Waals surface area contributed by atoms with Crippen LogP contribution in [0.3, 0.4) is 0 Å². The van der Waals surface area contributed by atoms with Crippen molar-refractivity contribution in [3.8, 4) is 0 Å². The largest absolute Gasteiger partial charge is 0.313 e. The zero-order valence-electron chi connectivity index (χ0n) is 8.20. The third-order valence-corrected chi connectivity index (χ3v) is 3.52. The minimum atomic E-state index is 0. The molecule has 14 heavy (non-hydrogen) atoms. The van der Waals surface area contributed by atoms with Crippen LogP contribution >= 0.6 is 12.4 Å². The number of hydrogen-bond acceptors (Lipinski definition) is 1. The van der Waals surface area contributed by atoms with Gasteiger partial charge in [-0.25, -0.2) is 0 Å². The van der Waals surface area contributed by atoms with Gasteiger partial charge in [-0.3, -0.25) is 0 Å². The fraction of sp³-hybridized carbons (Fsp3) is 0.500. The molecule has 1 fully saturated rings. The molecule has 76 valence electrons. The number of hydrogen-bond donors (Lipinski definition) is 1. The molecule has 0 spiro atoms. The maximum atomic E-state index is 3.45. The Morgan fingerprint density at radius 2 is 2.21 bits per heavy atom. The monoisotopic (exact) mass is 209 g/mol. The third-order valence-electron chi connectivity index (χ3n) is 3.52. The van der Waals surface area contributed by atoms with E-state index in [0.29, 0.717) is 0 Å². The van der Waals surface area contributed by atoms with Crippen molar-refractivity contribution in [1.29, 1.82) is 0 Å². The van der Waals surface area contributed by atoms with Crippen LogP contribution in [-0.4, -0.2) is 13.1 Å². The van der Waals surface area contributed by atoms with Crippen LogP contribution in [0.15, 0.2) is 35.5 Å². The summed E-state index contributed by atoms with van der Waals surface area (Å²) in [6.07, 6.45) is 11.8. The van der Waals surface area contributed by atoms with Gasteiger partial charge in [0.2, 0.25) is 0 Å². The molecular weight excluding hydrogens is 194 g/mol. The summed E-state index contributed by atoms with van der Waals surface area (Å²) in [6.45, 7) is 2.33. The van der Waals surface area contributed by atoms with Crippen molar-refractivity contribution in [2.45, 2.75) is 12.8 Å². The van der Waals surface area contributed by atoms with Crippen LogP contribution in [0, 0.1) is 11.8 Å². The molecular formula is C12H16ClN. The number of nitrogens with one attached hydrogen (secondary N) is 1. The lowest BCUT2D eigenvalue weighted by molar-refractivity contribution is 0.386. The number of fused-ring (bicyclic) bond motifs is 3. The highest BCUT2D eigenvalue weighted by Crippen LogP contribution is 2.42. The molecule has 2 atom stereocenters. The summed E-state index contributed by atoms with van der Waals surface area (Å²) in [5.74, 6) is 1.68. The summed E-state index contributed by atoms with van der Waals surface area (Å²) in [5, 5.41) is 3.45. The van der Waals surface area contributed by atoms with E-state index in [0.717, 1.165) is 18.4 Å². The molecule has 0 amide bonds. The van der Waals surface area contributed by atoms with Gasteiger partial charge < -0.3 is 5.32 Å². The van der Waals surface area contributed by atoms with Crippen molar-refractivity contribution in [3.05, 3.63) is 35.5 Å². The van der Waals surface area contributed by atoms with Gasteiger partial charge in [-0.15, -0.1) is 12.4 Å². The van der Waals surface area contributed by atoms with Gasteiger partial charge in [0, 0.05) is 6.54 Å². The summed E-state index contributed by atoms with van der Waals surface area (Å²) < 4.78 is 0. The maximum Gasteiger partial charge on any atom is 0.0170 e. The lowest BCUT2D eigenvalue weighted by atomic mass is 9.81. The molecule has 3 rings (SSSR count). The normalized spacial score (nSPS) is 33.7. The molecule has 1 nitrogen and oxygen atoms in total. The van der Waals surface area contributed by atoms with Gasteiger partial charge in [-0.05, 0) is 36.8 Å². The molecule has 0 bridgehead atoms. The second-order valence-corrected chi connectivity index (χ2v) is 4.23. The van der Waals surface area contributed by atoms with E-state index >= 15 is 0 Å². The van der Waals surface area contributed by atoms with E-state index in [1.807, 2.05) is 0 Å². The first kappa shape index (κ1) is 10.0. The van der Waals surface area contributed by atoms with Crippen molar-refractivity contribution < 1.29 is 0 Å². The Morgan fingerprint density at radius 1 is 1.29 bits per heavy atom. The van der Waals surface area contributed by atoms with Crippen LogP contribution in [0.5, 0.6) is 0 Å². The van der Waals surface area contributed by atoms with Crippen molar-refractivity contribution in [3.63, 3.8) is 0 Å². The molecule has 1 aliphatic heterocycles. The number of halogens is 1. The van der Waals surface area contributed by atoms with Gasteiger partial charge in [0.15, 0.2) is 0 Å². The molecule has 0 aromatic carbocycles. The Labute approximate surface area is 91.4 Å². The van der Waals surface area contributed by atoms with Crippen LogP contribution < -0.4 is 5.32 Å². The molecule has 0 aromatic heterocycles. The first-order valence-corrected chi connectivity index (χ1v) is 5.23. The van der Waals surface area contributed by atoms with Crippen molar-refractivity contribution >= 4 is 12.4 Å². The Morgan fingerprint density at radius 3 is 3.14 bits per heavy atom. The van der Waals surface area contributed by atoms with E-state index in [1.54, 1.807) is 11.1 Å². The second-order valence-electron chi connectivity index (χ2n) is 4.23. The fourth-order valence-electron chi connectivity index (χ4n) is 2.85. The molecule has 0 aromatic rings. The highest BCUT2D eigenvalue weighted by atomic mass is 35.5. The van der Waals surface area contributed by atoms with Crippen LogP contribution in [0.25, 0.3) is 0 Å². The molecule has 0 radical (unpaired) electrons. The highest BCUT2D eigenvalue weighted by molar-refractivity contribution is 5.85. The van der Waals surface area contributed by atoms with Gasteiger partial charge >= 0.3 is 0 Å². The SMILES string of the molecule is C1=CCC2C(=C1)C=C1CNCCC12.Cl. The molecule has 2 heteroatoms.